The third kappa shape index (κ3) is 5.32. The number of pyridine rings is 1. The lowest BCUT2D eigenvalue weighted by molar-refractivity contribution is 0.219. The van der Waals surface area contributed by atoms with Gasteiger partial charge in [0.25, 0.3) is 0 Å². The fourth-order valence-corrected chi connectivity index (χ4v) is 3.57. The minimum absolute atomic E-state index is 0.296. The summed E-state index contributed by atoms with van der Waals surface area (Å²) in [6, 6.07) is 16.9. The van der Waals surface area contributed by atoms with E-state index in [1.54, 1.807) is 7.05 Å². The standard InChI is InChI=1S/C22H31N7/c1-4-28(5-2)19(18-11-7-6-8-12-18)17-25-22(23-3)24-15-14-21-27-26-20-13-9-10-16-29(20)21/h6-13,16,19H,4-5,14-15,17H2,1-3H3,(H2,23,24,25). The smallest absolute Gasteiger partial charge is 0.191 e. The number of nitrogens with zero attached hydrogens (tertiary/aromatic N) is 5. The van der Waals surface area contributed by atoms with E-state index in [-0.39, 0.29) is 0 Å². The maximum absolute atomic E-state index is 4.38. The topological polar surface area (TPSA) is 69.8 Å². The van der Waals surface area contributed by atoms with Crippen molar-refractivity contribution in [1.29, 1.82) is 0 Å². The van der Waals surface area contributed by atoms with Crippen LogP contribution in [0.25, 0.3) is 5.65 Å². The van der Waals surface area contributed by atoms with Crippen LogP contribution in [-0.4, -0.2) is 58.7 Å². The Bertz CT molecular complexity index is 900. The highest BCUT2D eigenvalue weighted by atomic mass is 15.3. The summed E-state index contributed by atoms with van der Waals surface area (Å²) in [6.07, 6.45) is 2.76. The number of aromatic nitrogens is 3. The molecule has 0 saturated carbocycles. The van der Waals surface area contributed by atoms with Crippen molar-refractivity contribution in [2.75, 3.05) is 33.2 Å². The van der Waals surface area contributed by atoms with E-state index >= 15 is 0 Å². The van der Waals surface area contributed by atoms with E-state index in [1.165, 1.54) is 5.56 Å². The Kier molecular flexibility index (Phi) is 7.58. The van der Waals surface area contributed by atoms with Gasteiger partial charge in [-0.15, -0.1) is 10.2 Å². The second kappa shape index (κ2) is 10.6. The molecule has 0 amide bonds. The second-order valence-corrected chi connectivity index (χ2v) is 6.82. The molecule has 7 nitrogen and oxygen atoms in total. The molecule has 1 aromatic carbocycles. The number of aliphatic imine (C=N–C) groups is 1. The van der Waals surface area contributed by atoms with E-state index in [0.29, 0.717) is 6.04 Å². The molecule has 0 aliphatic heterocycles. The van der Waals surface area contributed by atoms with Crippen LogP contribution in [0.15, 0.2) is 59.7 Å². The minimum Gasteiger partial charge on any atom is -0.356 e. The van der Waals surface area contributed by atoms with Crippen LogP contribution < -0.4 is 10.6 Å². The first-order chi connectivity index (χ1) is 14.3. The number of rotatable bonds is 9. The average Bonchev–Trinajstić information content (AvgIpc) is 3.19. The molecular formula is C22H31N7. The van der Waals surface area contributed by atoms with Crippen molar-refractivity contribution < 1.29 is 0 Å². The van der Waals surface area contributed by atoms with Gasteiger partial charge in [0.1, 0.15) is 5.82 Å². The lowest BCUT2D eigenvalue weighted by Crippen LogP contribution is -2.43. The van der Waals surface area contributed by atoms with Crippen LogP contribution in [0.1, 0.15) is 31.3 Å². The average molecular weight is 394 g/mol. The van der Waals surface area contributed by atoms with Crippen LogP contribution in [0.5, 0.6) is 0 Å². The summed E-state index contributed by atoms with van der Waals surface area (Å²) in [5, 5.41) is 15.4. The van der Waals surface area contributed by atoms with Crippen molar-refractivity contribution in [3.63, 3.8) is 0 Å². The van der Waals surface area contributed by atoms with Crippen LogP contribution in [0.3, 0.4) is 0 Å². The molecule has 2 N–H and O–H groups in total. The zero-order chi connectivity index (χ0) is 20.5. The first-order valence-corrected chi connectivity index (χ1v) is 10.3. The number of likely N-dealkylation sites (N-methyl/N-ethyl adjacent to an activating group) is 1. The van der Waals surface area contributed by atoms with Gasteiger partial charge in [-0.3, -0.25) is 14.3 Å². The maximum Gasteiger partial charge on any atom is 0.191 e. The van der Waals surface area contributed by atoms with Crippen molar-refractivity contribution >= 4 is 11.6 Å². The summed E-state index contributed by atoms with van der Waals surface area (Å²) in [4.78, 5) is 6.84. The van der Waals surface area contributed by atoms with Gasteiger partial charge < -0.3 is 10.6 Å². The maximum atomic E-state index is 4.38. The minimum atomic E-state index is 0.296. The summed E-state index contributed by atoms with van der Waals surface area (Å²) in [5.41, 5.74) is 2.18. The quantitative estimate of drug-likeness (QED) is 0.432. The zero-order valence-electron chi connectivity index (χ0n) is 17.5. The van der Waals surface area contributed by atoms with Crippen molar-refractivity contribution in [2.24, 2.45) is 4.99 Å². The predicted molar refractivity (Wildman–Crippen MR) is 118 cm³/mol. The monoisotopic (exact) mass is 393 g/mol. The molecule has 1 atom stereocenters. The summed E-state index contributed by atoms with van der Waals surface area (Å²) in [7, 11) is 1.80. The van der Waals surface area contributed by atoms with Gasteiger partial charge in [0.2, 0.25) is 0 Å². The predicted octanol–water partition coefficient (Wildman–Crippen LogP) is 2.52. The molecule has 0 aliphatic rings. The van der Waals surface area contributed by atoms with Crippen molar-refractivity contribution in [3.05, 3.63) is 66.1 Å². The van der Waals surface area contributed by atoms with Crippen LogP contribution in [0, 0.1) is 0 Å². The largest absolute Gasteiger partial charge is 0.356 e. The van der Waals surface area contributed by atoms with Crippen LogP contribution >= 0.6 is 0 Å². The van der Waals surface area contributed by atoms with E-state index in [4.69, 9.17) is 0 Å². The Morgan fingerprint density at radius 3 is 2.52 bits per heavy atom. The van der Waals surface area contributed by atoms with Gasteiger partial charge in [0, 0.05) is 32.8 Å². The van der Waals surface area contributed by atoms with Gasteiger partial charge in [-0.1, -0.05) is 50.2 Å². The number of benzene rings is 1. The molecular weight excluding hydrogens is 362 g/mol. The Hall–Kier alpha value is -2.93. The zero-order valence-corrected chi connectivity index (χ0v) is 17.5. The fraction of sp³-hybridized carbons (Fsp3) is 0.409. The molecule has 2 aromatic heterocycles. The molecule has 0 spiro atoms. The molecule has 3 aromatic rings. The third-order valence-electron chi connectivity index (χ3n) is 5.15. The molecule has 0 aliphatic carbocycles. The first-order valence-electron chi connectivity index (χ1n) is 10.3. The van der Waals surface area contributed by atoms with Gasteiger partial charge in [-0.2, -0.15) is 0 Å². The SMILES string of the molecule is CCN(CC)C(CNC(=NC)NCCc1nnc2ccccn12)c1ccccc1. The highest BCUT2D eigenvalue weighted by molar-refractivity contribution is 5.79. The Balaban J connectivity index is 1.57. The van der Waals surface area contributed by atoms with E-state index in [2.05, 4.69) is 74.9 Å². The second-order valence-electron chi connectivity index (χ2n) is 6.82. The Morgan fingerprint density at radius 1 is 1.03 bits per heavy atom. The number of fused-ring (bicyclic) bond motifs is 1. The molecule has 2 heterocycles. The molecule has 1 unspecified atom stereocenters. The van der Waals surface area contributed by atoms with E-state index in [9.17, 15) is 0 Å². The molecule has 154 valence electrons. The third-order valence-corrected chi connectivity index (χ3v) is 5.15. The number of nitrogens with one attached hydrogen (secondary N) is 2. The summed E-state index contributed by atoms with van der Waals surface area (Å²) in [5.74, 6) is 1.74. The molecule has 3 rings (SSSR count). The van der Waals surface area contributed by atoms with E-state index in [0.717, 1.165) is 50.0 Å². The van der Waals surface area contributed by atoms with Gasteiger partial charge in [-0.05, 0) is 30.8 Å². The van der Waals surface area contributed by atoms with Gasteiger partial charge in [-0.25, -0.2) is 0 Å². The van der Waals surface area contributed by atoms with Crippen LogP contribution in [0.4, 0.5) is 0 Å². The highest BCUT2D eigenvalue weighted by Gasteiger charge is 2.18. The summed E-state index contributed by atoms with van der Waals surface area (Å²) < 4.78 is 2.02. The molecule has 0 saturated heterocycles. The van der Waals surface area contributed by atoms with Gasteiger partial charge in [0.05, 0.1) is 6.04 Å². The molecule has 0 bridgehead atoms. The number of hydrogen-bond acceptors (Lipinski definition) is 4. The van der Waals surface area contributed by atoms with Crippen molar-refractivity contribution in [2.45, 2.75) is 26.3 Å². The van der Waals surface area contributed by atoms with Crippen molar-refractivity contribution in [3.8, 4) is 0 Å². The van der Waals surface area contributed by atoms with Crippen LogP contribution in [-0.2, 0) is 6.42 Å². The number of hydrogen-bond donors (Lipinski definition) is 2. The molecule has 0 fully saturated rings. The lowest BCUT2D eigenvalue weighted by atomic mass is 10.1. The van der Waals surface area contributed by atoms with E-state index < -0.39 is 0 Å². The molecule has 29 heavy (non-hydrogen) atoms. The van der Waals surface area contributed by atoms with Gasteiger partial charge in [0.15, 0.2) is 11.6 Å². The van der Waals surface area contributed by atoms with E-state index in [1.807, 2.05) is 28.8 Å². The lowest BCUT2D eigenvalue weighted by Gasteiger charge is -2.30. The summed E-state index contributed by atoms with van der Waals surface area (Å²) in [6.45, 7) is 7.94. The molecule has 0 radical (unpaired) electrons. The summed E-state index contributed by atoms with van der Waals surface area (Å²) >= 11 is 0. The van der Waals surface area contributed by atoms with Crippen molar-refractivity contribution in [1.82, 2.24) is 30.1 Å². The highest BCUT2D eigenvalue weighted by Crippen LogP contribution is 2.19. The molecule has 7 heteroatoms. The fourth-order valence-electron chi connectivity index (χ4n) is 3.57. The van der Waals surface area contributed by atoms with Gasteiger partial charge >= 0.3 is 0 Å². The Labute approximate surface area is 172 Å². The first kappa shape index (κ1) is 20.8. The normalized spacial score (nSPS) is 13.0. The Morgan fingerprint density at radius 2 is 1.79 bits per heavy atom. The van der Waals surface area contributed by atoms with Crippen LogP contribution in [0.2, 0.25) is 0 Å². The number of guanidine groups is 1.